The van der Waals surface area contributed by atoms with Crippen molar-refractivity contribution >= 4 is 5.97 Å². The third-order valence-corrected chi connectivity index (χ3v) is 5.28. The van der Waals surface area contributed by atoms with E-state index in [1.54, 1.807) is 24.3 Å². The molecule has 0 aliphatic carbocycles. The first kappa shape index (κ1) is 24.9. The first-order chi connectivity index (χ1) is 15.1. The summed E-state index contributed by atoms with van der Waals surface area (Å²) in [6.45, 7) is 7.89. The molecule has 0 aromatic heterocycles. The Balaban J connectivity index is 1.75. The van der Waals surface area contributed by atoms with Crippen LogP contribution in [0.25, 0.3) is 0 Å². The average Bonchev–Trinajstić information content (AvgIpc) is 2.79. The number of ether oxygens (including phenoxy) is 3. The molecule has 0 spiro atoms. The van der Waals surface area contributed by atoms with Gasteiger partial charge in [0.2, 0.25) is 0 Å². The molecule has 0 N–H and O–H groups in total. The van der Waals surface area contributed by atoms with E-state index in [0.717, 1.165) is 37.2 Å². The van der Waals surface area contributed by atoms with Gasteiger partial charge in [-0.1, -0.05) is 64.5 Å². The fraction of sp³-hybridized carbons (Fsp3) is 0.519. The molecular formula is C27H38O4. The molecule has 1 unspecified atom stereocenters. The van der Waals surface area contributed by atoms with Gasteiger partial charge in [0.1, 0.15) is 11.5 Å². The molecule has 0 heterocycles. The van der Waals surface area contributed by atoms with Gasteiger partial charge in [0.25, 0.3) is 0 Å². The Morgan fingerprint density at radius 2 is 1.35 bits per heavy atom. The van der Waals surface area contributed by atoms with Crippen molar-refractivity contribution in [2.24, 2.45) is 0 Å². The van der Waals surface area contributed by atoms with Crippen molar-refractivity contribution in [3.63, 3.8) is 0 Å². The number of hydrogen-bond donors (Lipinski definition) is 0. The van der Waals surface area contributed by atoms with Crippen molar-refractivity contribution in [3.8, 4) is 11.5 Å². The molecule has 2 aromatic carbocycles. The third kappa shape index (κ3) is 9.56. The summed E-state index contributed by atoms with van der Waals surface area (Å²) in [4.78, 5) is 12.4. The predicted molar refractivity (Wildman–Crippen MR) is 126 cm³/mol. The van der Waals surface area contributed by atoms with Gasteiger partial charge in [0.15, 0.2) is 0 Å². The fourth-order valence-corrected chi connectivity index (χ4v) is 3.23. The van der Waals surface area contributed by atoms with Crippen molar-refractivity contribution in [2.45, 2.75) is 78.2 Å². The molecule has 2 aromatic rings. The van der Waals surface area contributed by atoms with Crippen LogP contribution in [-0.4, -0.2) is 19.2 Å². The molecule has 0 amide bonds. The van der Waals surface area contributed by atoms with Gasteiger partial charge in [0.05, 0.1) is 18.3 Å². The lowest BCUT2D eigenvalue weighted by molar-refractivity contribution is 0.0627. The summed E-state index contributed by atoms with van der Waals surface area (Å²) < 4.78 is 17.1. The molecule has 170 valence electrons. The Morgan fingerprint density at radius 3 is 2.03 bits per heavy atom. The number of carbonyl (C=O) groups is 1. The van der Waals surface area contributed by atoms with E-state index in [2.05, 4.69) is 20.8 Å². The van der Waals surface area contributed by atoms with Gasteiger partial charge in [-0.05, 0) is 61.7 Å². The van der Waals surface area contributed by atoms with Gasteiger partial charge in [-0.25, -0.2) is 4.79 Å². The minimum atomic E-state index is -0.375. The Kier molecular flexibility index (Phi) is 11.8. The van der Waals surface area contributed by atoms with Crippen LogP contribution in [0, 0.1) is 0 Å². The van der Waals surface area contributed by atoms with Crippen LogP contribution < -0.4 is 9.47 Å². The van der Waals surface area contributed by atoms with E-state index < -0.39 is 0 Å². The monoisotopic (exact) mass is 426 g/mol. The van der Waals surface area contributed by atoms with E-state index in [1.807, 2.05) is 24.3 Å². The molecular weight excluding hydrogens is 388 g/mol. The highest BCUT2D eigenvalue weighted by Gasteiger charge is 2.10. The van der Waals surface area contributed by atoms with Crippen LogP contribution in [0.15, 0.2) is 48.5 Å². The maximum atomic E-state index is 12.4. The third-order valence-electron chi connectivity index (χ3n) is 5.28. The van der Waals surface area contributed by atoms with Crippen LogP contribution in [0.5, 0.6) is 11.5 Å². The summed E-state index contributed by atoms with van der Waals surface area (Å²) in [5.41, 5.74) is 1.59. The summed E-state index contributed by atoms with van der Waals surface area (Å²) in [7, 11) is 0. The van der Waals surface area contributed by atoms with Crippen LogP contribution in [0.4, 0.5) is 0 Å². The summed E-state index contributed by atoms with van der Waals surface area (Å²) in [6, 6.07) is 14.6. The lowest BCUT2D eigenvalue weighted by atomic mass is 10.1. The first-order valence-electron chi connectivity index (χ1n) is 11.8. The first-order valence-corrected chi connectivity index (χ1v) is 11.8. The molecule has 0 radical (unpaired) electrons. The van der Waals surface area contributed by atoms with Crippen LogP contribution in [0.2, 0.25) is 0 Å². The molecule has 0 saturated carbocycles. The van der Waals surface area contributed by atoms with E-state index >= 15 is 0 Å². The van der Waals surface area contributed by atoms with Crippen molar-refractivity contribution < 1.29 is 19.0 Å². The van der Waals surface area contributed by atoms with Crippen LogP contribution in [-0.2, 0) is 4.74 Å². The number of rotatable bonds is 15. The highest BCUT2D eigenvalue weighted by Crippen LogP contribution is 2.22. The Morgan fingerprint density at radius 1 is 0.742 bits per heavy atom. The Bertz CT molecular complexity index is 737. The minimum absolute atomic E-state index is 0.0284. The molecule has 1 atom stereocenters. The van der Waals surface area contributed by atoms with E-state index in [4.69, 9.17) is 14.2 Å². The molecule has 2 rings (SSSR count). The SMILES string of the molecule is CCCCCCCCOC(C)c1ccc(OC(=O)c2ccc(OCCCC)cc2)cc1. The molecule has 0 bridgehead atoms. The second-order valence-corrected chi connectivity index (χ2v) is 7.97. The topological polar surface area (TPSA) is 44.8 Å². The lowest BCUT2D eigenvalue weighted by Gasteiger charge is -2.14. The van der Waals surface area contributed by atoms with Gasteiger partial charge in [0, 0.05) is 6.61 Å². The zero-order chi connectivity index (χ0) is 22.3. The van der Waals surface area contributed by atoms with Gasteiger partial charge < -0.3 is 14.2 Å². The molecule has 0 saturated heterocycles. The zero-order valence-electron chi connectivity index (χ0n) is 19.4. The second kappa shape index (κ2) is 14.6. The maximum Gasteiger partial charge on any atom is 0.343 e. The number of unbranched alkanes of at least 4 members (excludes halogenated alkanes) is 6. The largest absolute Gasteiger partial charge is 0.494 e. The summed E-state index contributed by atoms with van der Waals surface area (Å²) in [5, 5.41) is 0. The Hall–Kier alpha value is -2.33. The highest BCUT2D eigenvalue weighted by atomic mass is 16.5. The van der Waals surface area contributed by atoms with Gasteiger partial charge >= 0.3 is 5.97 Å². The summed E-state index contributed by atoms with van der Waals surface area (Å²) in [6.07, 6.45) is 9.69. The van der Waals surface area contributed by atoms with Gasteiger partial charge in [-0.3, -0.25) is 0 Å². The second-order valence-electron chi connectivity index (χ2n) is 7.97. The van der Waals surface area contributed by atoms with E-state index in [-0.39, 0.29) is 12.1 Å². The minimum Gasteiger partial charge on any atom is -0.494 e. The molecule has 4 heteroatoms. The van der Waals surface area contributed by atoms with Gasteiger partial charge in [-0.15, -0.1) is 0 Å². The van der Waals surface area contributed by atoms with Crippen LogP contribution >= 0.6 is 0 Å². The average molecular weight is 427 g/mol. The quantitative estimate of drug-likeness (QED) is 0.168. The van der Waals surface area contributed by atoms with Crippen molar-refractivity contribution in [1.29, 1.82) is 0 Å². The molecule has 0 aliphatic heterocycles. The normalized spacial score (nSPS) is 11.8. The van der Waals surface area contributed by atoms with E-state index in [9.17, 15) is 4.79 Å². The summed E-state index contributed by atoms with van der Waals surface area (Å²) >= 11 is 0. The highest BCUT2D eigenvalue weighted by molar-refractivity contribution is 5.91. The number of esters is 1. The van der Waals surface area contributed by atoms with Gasteiger partial charge in [-0.2, -0.15) is 0 Å². The molecule has 0 aliphatic rings. The Labute approximate surface area is 187 Å². The number of benzene rings is 2. The van der Waals surface area contributed by atoms with Crippen molar-refractivity contribution in [3.05, 3.63) is 59.7 Å². The maximum absolute atomic E-state index is 12.4. The molecule has 31 heavy (non-hydrogen) atoms. The smallest absolute Gasteiger partial charge is 0.343 e. The fourth-order valence-electron chi connectivity index (χ4n) is 3.23. The van der Waals surface area contributed by atoms with Crippen LogP contribution in [0.1, 0.15) is 94.2 Å². The lowest BCUT2D eigenvalue weighted by Crippen LogP contribution is -2.08. The van der Waals surface area contributed by atoms with E-state index in [0.29, 0.717) is 17.9 Å². The van der Waals surface area contributed by atoms with Crippen molar-refractivity contribution in [2.75, 3.05) is 13.2 Å². The number of hydrogen-bond acceptors (Lipinski definition) is 4. The standard InChI is InChI=1S/C27H38O4/c1-4-6-8-9-10-11-21-29-22(3)23-12-18-26(19-13-23)31-27(28)24-14-16-25(17-15-24)30-20-7-5-2/h12-19,22H,4-11,20-21H2,1-3H3. The number of carbonyl (C=O) groups excluding carboxylic acids is 1. The molecule has 0 fully saturated rings. The zero-order valence-corrected chi connectivity index (χ0v) is 19.4. The predicted octanol–water partition coefficient (Wildman–Crippen LogP) is 7.52. The summed E-state index contributed by atoms with van der Waals surface area (Å²) in [5.74, 6) is 0.921. The van der Waals surface area contributed by atoms with Crippen molar-refractivity contribution in [1.82, 2.24) is 0 Å². The van der Waals surface area contributed by atoms with E-state index in [1.165, 1.54) is 32.1 Å². The van der Waals surface area contributed by atoms with Crippen LogP contribution in [0.3, 0.4) is 0 Å². The molecule has 4 nitrogen and oxygen atoms in total.